The fraction of sp³-hybridized carbons (Fsp3) is 0.111. The number of nitrogens with zero attached hydrogens (tertiary/aromatic N) is 1. The van der Waals surface area contributed by atoms with Crippen molar-refractivity contribution in [2.45, 2.75) is 6.54 Å². The first-order valence-electron chi connectivity index (χ1n) is 4.26. The Morgan fingerprint density at radius 2 is 2.12 bits per heavy atom. The number of hydrogen-bond donors (Lipinski definition) is 1. The molecule has 1 heterocycles. The van der Waals surface area contributed by atoms with Gasteiger partial charge in [0.2, 0.25) is 11.7 Å². The van der Waals surface area contributed by atoms with Gasteiger partial charge in [0.05, 0.1) is 5.52 Å². The van der Waals surface area contributed by atoms with Gasteiger partial charge in [-0.15, -0.1) is 0 Å². The highest BCUT2D eigenvalue weighted by molar-refractivity contribution is 5.78. The summed E-state index contributed by atoms with van der Waals surface area (Å²) in [5.74, 6) is -4.14. The Balaban J connectivity index is 2.76. The van der Waals surface area contributed by atoms with Crippen LogP contribution in [0, 0.1) is 11.6 Å². The van der Waals surface area contributed by atoms with E-state index >= 15 is 0 Å². The van der Waals surface area contributed by atoms with Crippen molar-refractivity contribution in [1.29, 1.82) is 0 Å². The van der Waals surface area contributed by atoms with Crippen molar-refractivity contribution in [3.8, 4) is 0 Å². The summed E-state index contributed by atoms with van der Waals surface area (Å²) in [6.07, 6.45) is 0. The van der Waals surface area contributed by atoms with Crippen molar-refractivity contribution >= 4 is 17.0 Å². The summed E-state index contributed by atoms with van der Waals surface area (Å²) in [6.45, 7) is -0.448. The Labute approximate surface area is 87.1 Å². The summed E-state index contributed by atoms with van der Waals surface area (Å²) in [5.41, 5.74) is 4.37. The predicted molar refractivity (Wildman–Crippen MR) is 49.6 cm³/mol. The van der Waals surface area contributed by atoms with Gasteiger partial charge in [-0.2, -0.15) is 4.39 Å². The number of nitrogens with two attached hydrogens (primary N) is 1. The maximum atomic E-state index is 13.2. The van der Waals surface area contributed by atoms with Crippen LogP contribution in [0.5, 0.6) is 0 Å². The molecule has 1 amide bonds. The summed E-state index contributed by atoms with van der Waals surface area (Å²) in [6, 6.07) is 1.98. The van der Waals surface area contributed by atoms with E-state index in [0.29, 0.717) is 0 Å². The number of fused-ring (bicyclic) bond motifs is 1. The van der Waals surface area contributed by atoms with Gasteiger partial charge >= 0.3 is 5.76 Å². The number of primary amides is 1. The molecule has 0 saturated carbocycles. The highest BCUT2D eigenvalue weighted by Gasteiger charge is 2.17. The molecule has 0 radical (unpaired) electrons. The summed E-state index contributed by atoms with van der Waals surface area (Å²) in [7, 11) is 0. The lowest BCUT2D eigenvalue weighted by atomic mass is 10.3. The minimum Gasteiger partial charge on any atom is -0.404 e. The first-order valence-corrected chi connectivity index (χ1v) is 4.26. The predicted octanol–water partition coefficient (Wildman–Crippen LogP) is 0.358. The number of benzene rings is 1. The van der Waals surface area contributed by atoms with Crippen LogP contribution in [-0.4, -0.2) is 10.5 Å². The SMILES string of the molecule is NC(=O)Cn1c(=O)oc2c(F)c(F)ccc21. The molecule has 5 nitrogen and oxygen atoms in total. The largest absolute Gasteiger partial charge is 0.420 e. The van der Waals surface area contributed by atoms with Gasteiger partial charge in [-0.1, -0.05) is 0 Å². The molecule has 0 aliphatic rings. The molecule has 0 saturated heterocycles. The van der Waals surface area contributed by atoms with E-state index < -0.39 is 35.4 Å². The van der Waals surface area contributed by atoms with Crippen LogP contribution in [0.15, 0.2) is 21.3 Å². The molecule has 0 spiro atoms. The van der Waals surface area contributed by atoms with E-state index in [9.17, 15) is 18.4 Å². The average molecular weight is 228 g/mol. The highest BCUT2D eigenvalue weighted by atomic mass is 19.2. The standard InChI is InChI=1S/C9H6F2N2O3/c10-4-1-2-5-8(7(4)11)16-9(15)13(5)3-6(12)14/h1-2H,3H2,(H2,12,14). The van der Waals surface area contributed by atoms with E-state index in [4.69, 9.17) is 5.73 Å². The van der Waals surface area contributed by atoms with Gasteiger partial charge in [0.1, 0.15) is 6.54 Å². The normalized spacial score (nSPS) is 10.9. The smallest absolute Gasteiger partial charge is 0.404 e. The zero-order valence-corrected chi connectivity index (χ0v) is 7.87. The third kappa shape index (κ3) is 1.46. The fourth-order valence-electron chi connectivity index (χ4n) is 1.38. The third-order valence-electron chi connectivity index (χ3n) is 2.04. The Morgan fingerprint density at radius 3 is 2.75 bits per heavy atom. The second-order valence-corrected chi connectivity index (χ2v) is 3.13. The number of rotatable bonds is 2. The molecule has 16 heavy (non-hydrogen) atoms. The number of halogens is 2. The van der Waals surface area contributed by atoms with Crippen LogP contribution in [0.2, 0.25) is 0 Å². The monoisotopic (exact) mass is 228 g/mol. The van der Waals surface area contributed by atoms with Gasteiger partial charge in [0.15, 0.2) is 11.4 Å². The molecular formula is C9H6F2N2O3. The first-order chi connectivity index (χ1) is 7.50. The minimum atomic E-state index is -1.27. The average Bonchev–Trinajstić information content (AvgIpc) is 2.51. The number of oxazole rings is 1. The van der Waals surface area contributed by atoms with Gasteiger partial charge in [0, 0.05) is 0 Å². The van der Waals surface area contributed by atoms with Gasteiger partial charge in [-0.25, -0.2) is 9.18 Å². The lowest BCUT2D eigenvalue weighted by Crippen LogP contribution is -2.24. The topological polar surface area (TPSA) is 78.2 Å². The molecule has 0 atom stereocenters. The highest BCUT2D eigenvalue weighted by Crippen LogP contribution is 2.19. The van der Waals surface area contributed by atoms with Crippen molar-refractivity contribution in [2.75, 3.05) is 0 Å². The van der Waals surface area contributed by atoms with Gasteiger partial charge in [-0.3, -0.25) is 9.36 Å². The molecule has 7 heteroatoms. The molecule has 0 fully saturated rings. The maximum absolute atomic E-state index is 13.2. The molecule has 0 aliphatic carbocycles. The van der Waals surface area contributed by atoms with E-state index in [0.717, 1.165) is 16.7 Å². The van der Waals surface area contributed by atoms with Crippen molar-refractivity contribution in [3.63, 3.8) is 0 Å². The zero-order valence-electron chi connectivity index (χ0n) is 7.87. The lowest BCUT2D eigenvalue weighted by Gasteiger charge is -1.97. The van der Waals surface area contributed by atoms with E-state index in [1.54, 1.807) is 0 Å². The Hall–Kier alpha value is -2.18. The zero-order chi connectivity index (χ0) is 11.9. The number of aromatic nitrogens is 1. The van der Waals surface area contributed by atoms with E-state index in [1.165, 1.54) is 0 Å². The molecule has 84 valence electrons. The van der Waals surface area contributed by atoms with E-state index in [2.05, 4.69) is 4.42 Å². The molecule has 1 aromatic carbocycles. The Bertz CT molecular complexity index is 629. The summed E-state index contributed by atoms with van der Waals surface area (Å²) in [5, 5.41) is 0. The van der Waals surface area contributed by atoms with Crippen molar-refractivity contribution in [2.24, 2.45) is 5.73 Å². The van der Waals surface area contributed by atoms with E-state index in [1.807, 2.05) is 0 Å². The van der Waals surface area contributed by atoms with Crippen LogP contribution >= 0.6 is 0 Å². The van der Waals surface area contributed by atoms with Gasteiger partial charge in [-0.05, 0) is 12.1 Å². The van der Waals surface area contributed by atoms with Crippen LogP contribution < -0.4 is 11.5 Å². The first kappa shape index (κ1) is 10.3. The number of carbonyl (C=O) groups is 1. The lowest BCUT2D eigenvalue weighted by molar-refractivity contribution is -0.118. The number of hydrogen-bond acceptors (Lipinski definition) is 3. The van der Waals surface area contributed by atoms with Crippen LogP contribution in [0.1, 0.15) is 0 Å². The number of amides is 1. The Morgan fingerprint density at radius 1 is 1.44 bits per heavy atom. The summed E-state index contributed by atoms with van der Waals surface area (Å²) >= 11 is 0. The molecule has 0 aliphatic heterocycles. The fourth-order valence-corrected chi connectivity index (χ4v) is 1.38. The Kier molecular flexibility index (Phi) is 2.22. The molecule has 2 N–H and O–H groups in total. The van der Waals surface area contributed by atoms with Crippen molar-refractivity contribution in [3.05, 3.63) is 34.3 Å². The van der Waals surface area contributed by atoms with Crippen LogP contribution in [0.4, 0.5) is 8.78 Å². The van der Waals surface area contributed by atoms with Crippen LogP contribution in [-0.2, 0) is 11.3 Å². The van der Waals surface area contributed by atoms with Crippen LogP contribution in [0.3, 0.4) is 0 Å². The minimum absolute atomic E-state index is 0.0114. The molecule has 2 aromatic rings. The molecular weight excluding hydrogens is 222 g/mol. The van der Waals surface area contributed by atoms with Gasteiger partial charge < -0.3 is 10.2 Å². The maximum Gasteiger partial charge on any atom is 0.420 e. The van der Waals surface area contributed by atoms with E-state index in [-0.39, 0.29) is 5.52 Å². The molecule has 0 bridgehead atoms. The molecule has 1 aromatic heterocycles. The molecule has 0 unspecified atom stereocenters. The summed E-state index contributed by atoms with van der Waals surface area (Å²) < 4.78 is 31.3. The molecule has 2 rings (SSSR count). The number of carbonyl (C=O) groups excluding carboxylic acids is 1. The summed E-state index contributed by atoms with van der Waals surface area (Å²) in [4.78, 5) is 21.9. The second-order valence-electron chi connectivity index (χ2n) is 3.13. The third-order valence-corrected chi connectivity index (χ3v) is 2.04. The van der Waals surface area contributed by atoms with Crippen molar-refractivity contribution < 1.29 is 18.0 Å². The van der Waals surface area contributed by atoms with Gasteiger partial charge in [0.25, 0.3) is 0 Å². The quantitative estimate of drug-likeness (QED) is 0.805. The second kappa shape index (κ2) is 3.44. The van der Waals surface area contributed by atoms with Crippen LogP contribution in [0.25, 0.3) is 11.1 Å². The van der Waals surface area contributed by atoms with Crippen molar-refractivity contribution in [1.82, 2.24) is 4.57 Å².